The number of ether oxygens (including phenoxy) is 1. The van der Waals surface area contributed by atoms with E-state index in [4.69, 9.17) is 4.74 Å². The fourth-order valence-corrected chi connectivity index (χ4v) is 1.35. The number of hydrogen-bond donors (Lipinski definition) is 1. The summed E-state index contributed by atoms with van der Waals surface area (Å²) in [6, 6.07) is 5.44. The lowest BCUT2D eigenvalue weighted by Gasteiger charge is -2.01. The highest BCUT2D eigenvalue weighted by Gasteiger charge is 2.17. The van der Waals surface area contributed by atoms with E-state index in [0.717, 1.165) is 0 Å². The standard InChI is InChI=1S/C11H11N3O2/c1-2-16-11(15)10-9(13-7-14-10)8-5-3-4-6-12-8/h3-7H,2H2,1H3,(H,13,14). The molecule has 0 atom stereocenters. The Balaban J connectivity index is 2.37. The van der Waals surface area contributed by atoms with Gasteiger partial charge in [-0.1, -0.05) is 6.07 Å². The first-order valence-electron chi connectivity index (χ1n) is 4.94. The normalized spacial score (nSPS) is 10.1. The molecule has 0 aromatic carbocycles. The Bertz CT molecular complexity index is 479. The van der Waals surface area contributed by atoms with Crippen LogP contribution in [0.1, 0.15) is 17.4 Å². The van der Waals surface area contributed by atoms with Gasteiger partial charge < -0.3 is 9.72 Å². The molecule has 0 aliphatic rings. The molecule has 0 saturated heterocycles. The molecule has 0 saturated carbocycles. The minimum atomic E-state index is -0.416. The van der Waals surface area contributed by atoms with Crippen molar-refractivity contribution in [2.24, 2.45) is 0 Å². The third-order valence-corrected chi connectivity index (χ3v) is 2.03. The molecule has 0 radical (unpaired) electrons. The van der Waals surface area contributed by atoms with Crippen LogP contribution >= 0.6 is 0 Å². The predicted molar refractivity (Wildman–Crippen MR) is 57.8 cm³/mol. The second kappa shape index (κ2) is 4.57. The Hall–Kier alpha value is -2.17. The monoisotopic (exact) mass is 217 g/mol. The van der Waals surface area contributed by atoms with Gasteiger partial charge in [-0.25, -0.2) is 9.78 Å². The van der Waals surface area contributed by atoms with Gasteiger partial charge in [-0.05, 0) is 19.1 Å². The van der Waals surface area contributed by atoms with E-state index in [2.05, 4.69) is 15.0 Å². The van der Waals surface area contributed by atoms with Gasteiger partial charge in [0.15, 0.2) is 5.69 Å². The Kier molecular flexibility index (Phi) is 2.95. The topological polar surface area (TPSA) is 67.9 Å². The molecule has 0 aliphatic carbocycles. The predicted octanol–water partition coefficient (Wildman–Crippen LogP) is 1.65. The van der Waals surface area contributed by atoms with Crippen molar-refractivity contribution >= 4 is 5.97 Å². The highest BCUT2D eigenvalue weighted by Crippen LogP contribution is 2.17. The molecule has 0 amide bonds. The third-order valence-electron chi connectivity index (χ3n) is 2.03. The van der Waals surface area contributed by atoms with Crippen molar-refractivity contribution in [2.75, 3.05) is 6.61 Å². The molecule has 0 fully saturated rings. The number of carbonyl (C=O) groups excluding carboxylic acids is 1. The van der Waals surface area contributed by atoms with Gasteiger partial charge in [0.25, 0.3) is 0 Å². The zero-order valence-corrected chi connectivity index (χ0v) is 8.80. The van der Waals surface area contributed by atoms with E-state index in [1.807, 2.05) is 6.07 Å². The molecule has 0 bridgehead atoms. The van der Waals surface area contributed by atoms with Crippen molar-refractivity contribution in [3.63, 3.8) is 0 Å². The first kappa shape index (κ1) is 10.4. The van der Waals surface area contributed by atoms with Crippen LogP contribution in [0.2, 0.25) is 0 Å². The maximum absolute atomic E-state index is 11.6. The highest BCUT2D eigenvalue weighted by atomic mass is 16.5. The summed E-state index contributed by atoms with van der Waals surface area (Å²) in [6.45, 7) is 2.09. The van der Waals surface area contributed by atoms with Crippen LogP contribution in [0.15, 0.2) is 30.7 Å². The van der Waals surface area contributed by atoms with E-state index in [0.29, 0.717) is 23.7 Å². The van der Waals surface area contributed by atoms with Gasteiger partial charge >= 0.3 is 5.97 Å². The number of H-pyrrole nitrogens is 1. The number of esters is 1. The maximum Gasteiger partial charge on any atom is 0.357 e. The van der Waals surface area contributed by atoms with E-state index in [-0.39, 0.29) is 0 Å². The van der Waals surface area contributed by atoms with E-state index < -0.39 is 5.97 Å². The summed E-state index contributed by atoms with van der Waals surface area (Å²) in [6.07, 6.45) is 3.11. The second-order valence-corrected chi connectivity index (χ2v) is 3.06. The molecular formula is C11H11N3O2. The van der Waals surface area contributed by atoms with Crippen molar-refractivity contribution in [3.05, 3.63) is 36.4 Å². The van der Waals surface area contributed by atoms with E-state index in [9.17, 15) is 4.79 Å². The summed E-state index contributed by atoms with van der Waals surface area (Å²) < 4.78 is 4.91. The number of aromatic nitrogens is 3. The SMILES string of the molecule is CCOC(=O)c1[nH]cnc1-c1ccccn1. The van der Waals surface area contributed by atoms with Crippen LogP contribution in [0.25, 0.3) is 11.4 Å². The zero-order valence-electron chi connectivity index (χ0n) is 8.80. The average molecular weight is 217 g/mol. The minimum Gasteiger partial charge on any atom is -0.461 e. The molecule has 2 heterocycles. The van der Waals surface area contributed by atoms with Gasteiger partial charge in [-0.3, -0.25) is 4.98 Å². The van der Waals surface area contributed by atoms with Gasteiger partial charge in [0.05, 0.1) is 18.6 Å². The number of nitrogens with one attached hydrogen (secondary N) is 1. The summed E-state index contributed by atoms with van der Waals surface area (Å²) in [5.41, 5.74) is 1.49. The van der Waals surface area contributed by atoms with Crippen molar-refractivity contribution in [1.29, 1.82) is 0 Å². The van der Waals surface area contributed by atoms with Crippen molar-refractivity contribution in [3.8, 4) is 11.4 Å². The number of aromatic amines is 1. The molecule has 2 aromatic heterocycles. The smallest absolute Gasteiger partial charge is 0.357 e. The van der Waals surface area contributed by atoms with Crippen LogP contribution in [0, 0.1) is 0 Å². The average Bonchev–Trinajstić information content (AvgIpc) is 2.79. The number of pyridine rings is 1. The van der Waals surface area contributed by atoms with E-state index in [1.54, 1.807) is 25.3 Å². The lowest BCUT2D eigenvalue weighted by Crippen LogP contribution is -2.06. The largest absolute Gasteiger partial charge is 0.461 e. The van der Waals surface area contributed by atoms with Gasteiger partial charge in [0, 0.05) is 6.20 Å². The van der Waals surface area contributed by atoms with Crippen molar-refractivity contribution in [1.82, 2.24) is 15.0 Å². The third kappa shape index (κ3) is 1.93. The highest BCUT2D eigenvalue weighted by molar-refractivity contribution is 5.93. The summed E-state index contributed by atoms with van der Waals surface area (Å²) in [5, 5.41) is 0. The quantitative estimate of drug-likeness (QED) is 0.794. The second-order valence-electron chi connectivity index (χ2n) is 3.06. The summed E-state index contributed by atoms with van der Waals surface area (Å²) in [5.74, 6) is -0.416. The maximum atomic E-state index is 11.6. The molecule has 16 heavy (non-hydrogen) atoms. The number of rotatable bonds is 3. The Labute approximate surface area is 92.5 Å². The minimum absolute atomic E-state index is 0.333. The fraction of sp³-hybridized carbons (Fsp3) is 0.182. The van der Waals surface area contributed by atoms with Gasteiger partial charge in [0.1, 0.15) is 5.69 Å². The van der Waals surface area contributed by atoms with Crippen molar-refractivity contribution < 1.29 is 9.53 Å². The molecule has 0 aliphatic heterocycles. The molecule has 5 heteroatoms. The van der Waals surface area contributed by atoms with Crippen LogP contribution < -0.4 is 0 Å². The lowest BCUT2D eigenvalue weighted by molar-refractivity contribution is 0.0521. The van der Waals surface area contributed by atoms with E-state index >= 15 is 0 Å². The Morgan fingerprint density at radius 1 is 1.44 bits per heavy atom. The molecule has 5 nitrogen and oxygen atoms in total. The zero-order chi connectivity index (χ0) is 11.4. The number of hydrogen-bond acceptors (Lipinski definition) is 4. The molecule has 2 aromatic rings. The van der Waals surface area contributed by atoms with Crippen LogP contribution in [0.4, 0.5) is 0 Å². The first-order chi connectivity index (χ1) is 7.83. The van der Waals surface area contributed by atoms with Crippen LogP contribution in [0.5, 0.6) is 0 Å². The van der Waals surface area contributed by atoms with Gasteiger partial charge in [-0.2, -0.15) is 0 Å². The summed E-state index contributed by atoms with van der Waals surface area (Å²) in [7, 11) is 0. The van der Waals surface area contributed by atoms with Crippen molar-refractivity contribution in [2.45, 2.75) is 6.92 Å². The summed E-state index contributed by atoms with van der Waals surface area (Å²) in [4.78, 5) is 22.5. The van der Waals surface area contributed by atoms with Gasteiger partial charge in [-0.15, -0.1) is 0 Å². The molecular weight excluding hydrogens is 206 g/mol. The molecule has 1 N–H and O–H groups in total. The number of nitrogens with zero attached hydrogens (tertiary/aromatic N) is 2. The molecule has 2 rings (SSSR count). The molecule has 0 unspecified atom stereocenters. The van der Waals surface area contributed by atoms with E-state index in [1.165, 1.54) is 6.33 Å². The van der Waals surface area contributed by atoms with Crippen LogP contribution in [-0.4, -0.2) is 27.5 Å². The Morgan fingerprint density at radius 3 is 3.00 bits per heavy atom. The Morgan fingerprint density at radius 2 is 2.31 bits per heavy atom. The lowest BCUT2D eigenvalue weighted by atomic mass is 10.2. The molecule has 82 valence electrons. The first-order valence-corrected chi connectivity index (χ1v) is 4.94. The molecule has 0 spiro atoms. The number of imidazole rings is 1. The van der Waals surface area contributed by atoms with Crippen LogP contribution in [-0.2, 0) is 4.74 Å². The van der Waals surface area contributed by atoms with Crippen LogP contribution in [0.3, 0.4) is 0 Å². The summed E-state index contributed by atoms with van der Waals surface area (Å²) >= 11 is 0. The van der Waals surface area contributed by atoms with Gasteiger partial charge in [0.2, 0.25) is 0 Å². The number of carbonyl (C=O) groups is 1. The fourth-order valence-electron chi connectivity index (χ4n) is 1.35.